The molecule has 0 saturated carbocycles. The van der Waals surface area contributed by atoms with Crippen LogP contribution in [0.2, 0.25) is 13.1 Å². The molecule has 0 radical (unpaired) electrons. The molecule has 0 atom stereocenters. The second kappa shape index (κ2) is 4.80. The van der Waals surface area contributed by atoms with Crippen molar-refractivity contribution >= 4 is 24.0 Å². The Kier molecular flexibility index (Phi) is 3.11. The minimum Gasteiger partial charge on any atom is -0.396 e. The van der Waals surface area contributed by atoms with E-state index < -0.39 is 8.07 Å². The van der Waals surface area contributed by atoms with Crippen LogP contribution in [0.15, 0.2) is 35.4 Å². The Hall–Kier alpha value is -1.38. The first-order chi connectivity index (χ1) is 10.6. The van der Waals surface area contributed by atoms with Crippen molar-refractivity contribution < 1.29 is 5.11 Å². The predicted molar refractivity (Wildman–Crippen MR) is 96.9 cm³/mol. The van der Waals surface area contributed by atoms with Gasteiger partial charge in [-0.1, -0.05) is 43.0 Å². The summed E-state index contributed by atoms with van der Waals surface area (Å²) >= 11 is 0. The molecule has 22 heavy (non-hydrogen) atoms. The molecule has 0 spiro atoms. The highest BCUT2D eigenvalue weighted by molar-refractivity contribution is 7.11. The van der Waals surface area contributed by atoms with Gasteiger partial charge in [-0.05, 0) is 70.8 Å². The smallest absolute Gasteiger partial charge is 0.114 e. The summed E-state index contributed by atoms with van der Waals surface area (Å²) in [5.74, 6) is 0. The summed E-state index contributed by atoms with van der Waals surface area (Å²) in [7, 11) is -1.42. The van der Waals surface area contributed by atoms with Crippen molar-refractivity contribution in [3.8, 4) is 0 Å². The molecule has 0 bridgehead atoms. The van der Waals surface area contributed by atoms with Crippen molar-refractivity contribution in [3.05, 3.63) is 52.1 Å². The molecule has 2 heteroatoms. The van der Waals surface area contributed by atoms with Crippen LogP contribution in [0.4, 0.5) is 0 Å². The van der Waals surface area contributed by atoms with E-state index in [1.54, 1.807) is 27.1 Å². The molecule has 0 amide bonds. The van der Waals surface area contributed by atoms with Crippen LogP contribution in [0.1, 0.15) is 42.9 Å². The Morgan fingerprint density at radius 3 is 2.82 bits per heavy atom. The van der Waals surface area contributed by atoms with Gasteiger partial charge < -0.3 is 5.11 Å². The molecule has 1 heterocycles. The van der Waals surface area contributed by atoms with Crippen molar-refractivity contribution in [1.29, 1.82) is 0 Å². The van der Waals surface area contributed by atoms with Crippen LogP contribution in [0.5, 0.6) is 0 Å². The topological polar surface area (TPSA) is 20.2 Å². The molecular formula is C20H24OSi. The highest BCUT2D eigenvalue weighted by Gasteiger charge is 2.48. The van der Waals surface area contributed by atoms with Gasteiger partial charge in [0.15, 0.2) is 0 Å². The molecule has 0 saturated heterocycles. The first-order valence-corrected chi connectivity index (χ1v) is 11.4. The first kappa shape index (κ1) is 14.2. The Balaban J connectivity index is 1.86. The number of hydrogen-bond donors (Lipinski definition) is 1. The molecule has 4 rings (SSSR count). The van der Waals surface area contributed by atoms with Crippen LogP contribution in [0.3, 0.4) is 0 Å². The van der Waals surface area contributed by atoms with Crippen LogP contribution in [-0.2, 0) is 6.42 Å². The van der Waals surface area contributed by atoms with Crippen molar-refractivity contribution in [2.75, 3.05) is 6.61 Å². The molecule has 0 unspecified atom stereocenters. The third kappa shape index (κ3) is 1.74. The van der Waals surface area contributed by atoms with E-state index in [1.807, 2.05) is 0 Å². The third-order valence-corrected chi connectivity index (χ3v) is 9.33. The zero-order chi connectivity index (χ0) is 15.5. The van der Waals surface area contributed by atoms with Gasteiger partial charge in [-0.15, -0.1) is 0 Å². The lowest BCUT2D eigenvalue weighted by Crippen LogP contribution is -2.56. The Labute approximate surface area is 134 Å². The minimum atomic E-state index is -1.42. The van der Waals surface area contributed by atoms with Gasteiger partial charge in [0.05, 0.1) is 0 Å². The van der Waals surface area contributed by atoms with E-state index in [2.05, 4.69) is 44.3 Å². The van der Waals surface area contributed by atoms with E-state index in [9.17, 15) is 0 Å². The SMILES string of the molecule is CC1=C2c3c(ccc(C4=C(CCCO)C=CC4)c3[Si]2(C)C)C1. The minimum absolute atomic E-state index is 0.286. The average molecular weight is 308 g/mol. The fraction of sp³-hybridized carbons (Fsp3) is 0.400. The van der Waals surface area contributed by atoms with Crippen molar-refractivity contribution in [1.82, 2.24) is 0 Å². The van der Waals surface area contributed by atoms with E-state index in [-0.39, 0.29) is 6.61 Å². The molecule has 0 aromatic heterocycles. The Morgan fingerprint density at radius 2 is 2.05 bits per heavy atom. The highest BCUT2D eigenvalue weighted by atomic mass is 28.3. The van der Waals surface area contributed by atoms with Gasteiger partial charge >= 0.3 is 0 Å². The first-order valence-electron chi connectivity index (χ1n) is 8.42. The van der Waals surface area contributed by atoms with Crippen LogP contribution in [-0.4, -0.2) is 19.8 Å². The quantitative estimate of drug-likeness (QED) is 0.835. The standard InChI is InChI=1S/C20H24OSi/c1-13-12-15-9-10-17(20-18(15)19(13)22(20,2)3)16-8-4-6-14(16)7-5-11-21/h4,6,9-10,21H,5,7-8,11-12H2,1-3H3. The molecule has 1 aliphatic heterocycles. The molecule has 1 N–H and O–H groups in total. The fourth-order valence-corrected chi connectivity index (χ4v) is 8.76. The van der Waals surface area contributed by atoms with Crippen LogP contribution in [0.25, 0.3) is 10.8 Å². The maximum atomic E-state index is 9.14. The van der Waals surface area contributed by atoms with Gasteiger partial charge in [0.25, 0.3) is 0 Å². The van der Waals surface area contributed by atoms with Gasteiger partial charge in [0.1, 0.15) is 8.07 Å². The summed E-state index contributed by atoms with van der Waals surface area (Å²) in [5, 5.41) is 12.6. The van der Waals surface area contributed by atoms with Gasteiger partial charge in [0.2, 0.25) is 0 Å². The lowest BCUT2D eigenvalue weighted by Gasteiger charge is -2.41. The second-order valence-electron chi connectivity index (χ2n) is 7.42. The van der Waals surface area contributed by atoms with E-state index in [4.69, 9.17) is 5.11 Å². The summed E-state index contributed by atoms with van der Waals surface area (Å²) in [4.78, 5) is 0. The number of aliphatic hydroxyl groups excluding tert-OH is 1. The number of rotatable bonds is 4. The molecule has 1 nitrogen and oxygen atoms in total. The monoisotopic (exact) mass is 308 g/mol. The second-order valence-corrected chi connectivity index (χ2v) is 11.7. The summed E-state index contributed by atoms with van der Waals surface area (Å²) < 4.78 is 0. The van der Waals surface area contributed by atoms with Crippen molar-refractivity contribution in [2.45, 2.75) is 45.7 Å². The summed E-state index contributed by atoms with van der Waals surface area (Å²) in [5.41, 5.74) is 9.29. The lowest BCUT2D eigenvalue weighted by atomic mass is 9.95. The number of aliphatic hydroxyl groups is 1. The molecule has 114 valence electrons. The molecule has 1 aromatic rings. The summed E-state index contributed by atoms with van der Waals surface area (Å²) in [6.07, 6.45) is 8.67. The highest BCUT2D eigenvalue weighted by Crippen LogP contribution is 2.48. The maximum absolute atomic E-state index is 9.14. The van der Waals surface area contributed by atoms with E-state index in [0.717, 1.165) is 19.3 Å². The van der Waals surface area contributed by atoms with Gasteiger partial charge in [-0.3, -0.25) is 0 Å². The zero-order valence-electron chi connectivity index (χ0n) is 13.8. The molecular weight excluding hydrogens is 284 g/mol. The van der Waals surface area contributed by atoms with E-state index in [0.29, 0.717) is 0 Å². The average Bonchev–Trinajstić information content (AvgIpc) is 3.05. The normalized spacial score (nSPS) is 20.7. The van der Waals surface area contributed by atoms with Crippen molar-refractivity contribution in [2.24, 2.45) is 0 Å². The van der Waals surface area contributed by atoms with Crippen LogP contribution < -0.4 is 5.19 Å². The third-order valence-electron chi connectivity index (χ3n) is 5.63. The summed E-state index contributed by atoms with van der Waals surface area (Å²) in [6.45, 7) is 7.65. The van der Waals surface area contributed by atoms with Gasteiger partial charge in [-0.2, -0.15) is 0 Å². The van der Waals surface area contributed by atoms with Crippen molar-refractivity contribution in [3.63, 3.8) is 0 Å². The number of hydrogen-bond acceptors (Lipinski definition) is 1. The molecule has 3 aliphatic rings. The van der Waals surface area contributed by atoms with Crippen LogP contribution in [0, 0.1) is 0 Å². The summed E-state index contributed by atoms with van der Waals surface area (Å²) in [6, 6.07) is 4.75. The lowest BCUT2D eigenvalue weighted by molar-refractivity contribution is 0.289. The van der Waals surface area contributed by atoms with Gasteiger partial charge in [-0.25, -0.2) is 0 Å². The van der Waals surface area contributed by atoms with Gasteiger partial charge in [0, 0.05) is 6.61 Å². The predicted octanol–water partition coefficient (Wildman–Crippen LogP) is 3.97. The maximum Gasteiger partial charge on any atom is 0.114 e. The molecule has 1 aromatic carbocycles. The largest absolute Gasteiger partial charge is 0.396 e. The zero-order valence-corrected chi connectivity index (χ0v) is 14.8. The fourth-order valence-electron chi connectivity index (χ4n) is 4.81. The van der Waals surface area contributed by atoms with E-state index in [1.165, 1.54) is 23.1 Å². The Bertz CT molecular complexity index is 762. The molecule has 0 fully saturated rings. The van der Waals surface area contributed by atoms with E-state index >= 15 is 0 Å². The Morgan fingerprint density at radius 1 is 1.23 bits per heavy atom. The number of allylic oxidation sites excluding steroid dienone is 5. The number of benzene rings is 1. The van der Waals surface area contributed by atoms with Crippen LogP contribution >= 0.6 is 0 Å². The molecule has 2 aliphatic carbocycles.